The number of para-hydroxylation sites is 1. The van der Waals surface area contributed by atoms with Crippen molar-refractivity contribution in [1.82, 2.24) is 4.90 Å². The summed E-state index contributed by atoms with van der Waals surface area (Å²) in [5, 5.41) is 12.6. The zero-order chi connectivity index (χ0) is 18.4. The predicted octanol–water partition coefficient (Wildman–Crippen LogP) is 4.85. The number of nitrogens with zero attached hydrogens (tertiary/aromatic N) is 1. The molecule has 0 aliphatic heterocycles. The zero-order valence-electron chi connectivity index (χ0n) is 14.6. The summed E-state index contributed by atoms with van der Waals surface area (Å²) in [4.78, 5) is 3.49. The summed E-state index contributed by atoms with van der Waals surface area (Å²) >= 11 is 5.20. The van der Waals surface area contributed by atoms with Gasteiger partial charge in [-0.2, -0.15) is 0 Å². The van der Waals surface area contributed by atoms with E-state index in [9.17, 15) is 5.11 Å². The molecule has 0 saturated heterocycles. The van der Waals surface area contributed by atoms with Crippen molar-refractivity contribution < 1.29 is 14.3 Å². The van der Waals surface area contributed by atoms with E-state index in [4.69, 9.17) is 9.15 Å². The summed E-state index contributed by atoms with van der Waals surface area (Å²) < 4.78 is 12.1. The molecule has 3 rings (SSSR count). The van der Waals surface area contributed by atoms with E-state index in [1.54, 1.807) is 17.6 Å². The average Bonchev–Trinajstić information content (AvgIpc) is 3.26. The van der Waals surface area contributed by atoms with Gasteiger partial charge in [-0.1, -0.05) is 12.1 Å². The minimum absolute atomic E-state index is 0.237. The predicted molar refractivity (Wildman–Crippen MR) is 108 cm³/mol. The van der Waals surface area contributed by atoms with Crippen LogP contribution in [0.3, 0.4) is 0 Å². The fourth-order valence-corrected chi connectivity index (χ4v) is 4.02. The molecule has 0 bridgehead atoms. The molecule has 2 aromatic heterocycles. The van der Waals surface area contributed by atoms with Crippen LogP contribution in [-0.2, 0) is 13.1 Å². The summed E-state index contributed by atoms with van der Waals surface area (Å²) in [6.07, 6.45) is 1.08. The molecule has 1 aromatic carbocycles. The van der Waals surface area contributed by atoms with Crippen LogP contribution < -0.4 is 4.74 Å². The Balaban J connectivity index is 1.60. The summed E-state index contributed by atoms with van der Waals surface area (Å²) in [7, 11) is 0. The van der Waals surface area contributed by atoms with Crippen molar-refractivity contribution in [3.8, 4) is 5.75 Å². The molecular formula is C20H22BrNO3S. The highest BCUT2D eigenvalue weighted by molar-refractivity contribution is 9.10. The number of rotatable bonds is 9. The standard InChI is InChI=1S/C20H22BrNO3S/c1-15-8-10-26-20(15)13-22(12-17-5-4-9-24-17)11-16(23)14-25-19-7-3-2-6-18(19)21/h2-10,16,23H,11-14H2,1H3. The lowest BCUT2D eigenvalue weighted by atomic mass is 10.2. The van der Waals surface area contributed by atoms with E-state index in [0.29, 0.717) is 13.1 Å². The highest BCUT2D eigenvalue weighted by Gasteiger charge is 2.16. The van der Waals surface area contributed by atoms with Crippen LogP contribution in [0.5, 0.6) is 5.75 Å². The molecule has 0 aliphatic rings. The third-order valence-corrected chi connectivity index (χ3v) is 5.69. The van der Waals surface area contributed by atoms with Crippen LogP contribution in [0.1, 0.15) is 16.2 Å². The largest absolute Gasteiger partial charge is 0.490 e. The fourth-order valence-electron chi connectivity index (χ4n) is 2.68. The Labute approximate surface area is 166 Å². The van der Waals surface area contributed by atoms with Gasteiger partial charge >= 0.3 is 0 Å². The Morgan fingerprint density at radius 3 is 2.73 bits per heavy atom. The number of halogens is 1. The monoisotopic (exact) mass is 435 g/mol. The van der Waals surface area contributed by atoms with Gasteiger partial charge in [-0.15, -0.1) is 11.3 Å². The van der Waals surface area contributed by atoms with E-state index >= 15 is 0 Å². The van der Waals surface area contributed by atoms with Gasteiger partial charge in [0.05, 0.1) is 17.3 Å². The number of aryl methyl sites for hydroxylation is 1. The highest BCUT2D eigenvalue weighted by Crippen LogP contribution is 2.24. The Morgan fingerprint density at radius 2 is 2.04 bits per heavy atom. The molecule has 1 unspecified atom stereocenters. The Bertz CT molecular complexity index is 803. The van der Waals surface area contributed by atoms with Gasteiger partial charge in [0, 0.05) is 18.0 Å². The average molecular weight is 436 g/mol. The minimum Gasteiger partial charge on any atom is -0.490 e. The summed E-state index contributed by atoms with van der Waals surface area (Å²) in [5.74, 6) is 1.62. The molecule has 0 aliphatic carbocycles. The van der Waals surface area contributed by atoms with Crippen LogP contribution in [0.4, 0.5) is 0 Å². The van der Waals surface area contributed by atoms with Crippen molar-refractivity contribution in [2.45, 2.75) is 26.1 Å². The summed E-state index contributed by atoms with van der Waals surface area (Å²) in [6, 6.07) is 13.6. The van der Waals surface area contributed by atoms with Crippen molar-refractivity contribution in [1.29, 1.82) is 0 Å². The van der Waals surface area contributed by atoms with Crippen LogP contribution in [0.2, 0.25) is 0 Å². The molecule has 0 amide bonds. The van der Waals surface area contributed by atoms with Gasteiger partial charge in [0.15, 0.2) is 0 Å². The molecular weight excluding hydrogens is 414 g/mol. The molecule has 3 aromatic rings. The molecule has 0 fully saturated rings. The Morgan fingerprint density at radius 1 is 1.19 bits per heavy atom. The first-order chi connectivity index (χ1) is 12.6. The molecule has 0 spiro atoms. The second-order valence-electron chi connectivity index (χ2n) is 6.17. The first kappa shape index (κ1) is 19.2. The molecule has 138 valence electrons. The molecule has 6 heteroatoms. The molecule has 26 heavy (non-hydrogen) atoms. The van der Waals surface area contributed by atoms with E-state index in [1.807, 2.05) is 36.4 Å². The van der Waals surface area contributed by atoms with Gasteiger partial charge in [-0.25, -0.2) is 0 Å². The maximum Gasteiger partial charge on any atom is 0.133 e. The lowest BCUT2D eigenvalue weighted by molar-refractivity contribution is 0.0605. The molecule has 2 heterocycles. The maximum atomic E-state index is 10.5. The van der Waals surface area contributed by atoms with Crippen LogP contribution in [0, 0.1) is 6.92 Å². The van der Waals surface area contributed by atoms with Gasteiger partial charge < -0.3 is 14.3 Å². The highest BCUT2D eigenvalue weighted by atomic mass is 79.9. The number of hydrogen-bond acceptors (Lipinski definition) is 5. The second kappa shape index (κ2) is 9.37. The van der Waals surface area contributed by atoms with Crippen LogP contribution >= 0.6 is 27.3 Å². The maximum absolute atomic E-state index is 10.5. The fraction of sp³-hybridized carbons (Fsp3) is 0.300. The molecule has 0 saturated carbocycles. The quantitative estimate of drug-likeness (QED) is 0.521. The third-order valence-electron chi connectivity index (χ3n) is 4.03. The van der Waals surface area contributed by atoms with E-state index in [2.05, 4.69) is 39.2 Å². The molecule has 1 atom stereocenters. The minimum atomic E-state index is -0.600. The molecule has 0 radical (unpaired) electrons. The number of hydrogen-bond donors (Lipinski definition) is 1. The second-order valence-corrected chi connectivity index (χ2v) is 8.03. The van der Waals surface area contributed by atoms with Crippen LogP contribution in [-0.4, -0.2) is 29.3 Å². The lowest BCUT2D eigenvalue weighted by Crippen LogP contribution is -2.35. The van der Waals surface area contributed by atoms with Crippen molar-refractivity contribution >= 4 is 27.3 Å². The lowest BCUT2D eigenvalue weighted by Gasteiger charge is -2.24. The number of aliphatic hydroxyl groups excluding tert-OH is 1. The summed E-state index contributed by atoms with van der Waals surface area (Å²) in [5.41, 5.74) is 1.28. The van der Waals surface area contributed by atoms with E-state index < -0.39 is 6.10 Å². The van der Waals surface area contributed by atoms with Gasteiger partial charge in [-0.3, -0.25) is 4.90 Å². The van der Waals surface area contributed by atoms with E-state index in [1.165, 1.54) is 10.4 Å². The number of thiophene rings is 1. The first-order valence-corrected chi connectivity index (χ1v) is 10.1. The number of benzene rings is 1. The van der Waals surface area contributed by atoms with Crippen LogP contribution in [0.25, 0.3) is 0 Å². The molecule has 4 nitrogen and oxygen atoms in total. The van der Waals surface area contributed by atoms with E-state index in [0.717, 1.165) is 22.5 Å². The zero-order valence-corrected chi connectivity index (χ0v) is 17.0. The van der Waals surface area contributed by atoms with Crippen molar-refractivity contribution in [3.63, 3.8) is 0 Å². The van der Waals surface area contributed by atoms with Crippen LogP contribution in [0.15, 0.2) is 63.0 Å². The first-order valence-electron chi connectivity index (χ1n) is 8.45. The van der Waals surface area contributed by atoms with Gasteiger partial charge in [0.2, 0.25) is 0 Å². The smallest absolute Gasteiger partial charge is 0.133 e. The van der Waals surface area contributed by atoms with Crippen molar-refractivity contribution in [3.05, 3.63) is 74.8 Å². The van der Waals surface area contributed by atoms with Gasteiger partial charge in [0.1, 0.15) is 24.2 Å². The van der Waals surface area contributed by atoms with Crippen molar-refractivity contribution in [2.24, 2.45) is 0 Å². The topological polar surface area (TPSA) is 45.8 Å². The Kier molecular flexibility index (Phi) is 6.91. The number of furan rings is 1. The summed E-state index contributed by atoms with van der Waals surface area (Å²) in [6.45, 7) is 4.28. The Hall–Kier alpha value is -1.60. The van der Waals surface area contributed by atoms with E-state index in [-0.39, 0.29) is 6.61 Å². The third kappa shape index (κ3) is 5.45. The number of aliphatic hydroxyl groups is 1. The van der Waals surface area contributed by atoms with Gasteiger partial charge in [-0.05, 0) is 64.1 Å². The molecule has 1 N–H and O–H groups in total. The normalized spacial score (nSPS) is 12.5. The number of ether oxygens (including phenoxy) is 1. The van der Waals surface area contributed by atoms with Crippen molar-refractivity contribution in [2.75, 3.05) is 13.2 Å². The van der Waals surface area contributed by atoms with Gasteiger partial charge in [0.25, 0.3) is 0 Å². The SMILES string of the molecule is Cc1ccsc1CN(Cc1ccco1)CC(O)COc1ccccc1Br.